The summed E-state index contributed by atoms with van der Waals surface area (Å²) < 4.78 is 13.6. The summed E-state index contributed by atoms with van der Waals surface area (Å²) in [5.41, 5.74) is 0.607. The minimum absolute atomic E-state index is 0.0201. The van der Waals surface area contributed by atoms with Crippen molar-refractivity contribution in [2.75, 3.05) is 18.4 Å². The first-order valence-electron chi connectivity index (χ1n) is 5.48. The minimum Gasteiger partial charge on any atom is -0.481 e. The summed E-state index contributed by atoms with van der Waals surface area (Å²) in [5, 5.41) is 14.9. The van der Waals surface area contributed by atoms with Crippen LogP contribution in [0.15, 0.2) is 18.2 Å². The highest BCUT2D eigenvalue weighted by molar-refractivity contribution is 5.70. The Morgan fingerprint density at radius 3 is 2.76 bits per heavy atom. The summed E-state index contributed by atoms with van der Waals surface area (Å²) in [6.45, 7) is 2.87. The van der Waals surface area contributed by atoms with Crippen molar-refractivity contribution in [3.8, 4) is 0 Å². The summed E-state index contributed by atoms with van der Waals surface area (Å²) in [6, 6.07) is 4.81. The molecule has 1 saturated heterocycles. The molecule has 1 heterocycles. The molecule has 3 N–H and O–H groups in total. The summed E-state index contributed by atoms with van der Waals surface area (Å²) >= 11 is 0. The van der Waals surface area contributed by atoms with Crippen LogP contribution in [0.1, 0.15) is 12.0 Å². The number of aryl methyl sites for hydroxylation is 1. The first kappa shape index (κ1) is 11.9. The maximum atomic E-state index is 13.6. The first-order chi connectivity index (χ1) is 8.02. The molecule has 0 saturated carbocycles. The monoisotopic (exact) mass is 238 g/mol. The molecule has 0 aliphatic carbocycles. The average molecular weight is 238 g/mol. The molecular weight excluding hydrogens is 223 g/mol. The molecule has 0 radical (unpaired) electrons. The highest BCUT2D eigenvalue weighted by atomic mass is 19.1. The quantitative estimate of drug-likeness (QED) is 0.741. The van der Waals surface area contributed by atoms with Gasteiger partial charge < -0.3 is 15.7 Å². The molecule has 1 aliphatic heterocycles. The number of carbonyl (C=O) groups is 1. The van der Waals surface area contributed by atoms with Crippen LogP contribution in [0, 0.1) is 12.7 Å². The standard InChI is InChI=1S/C12H15FN2O2/c1-8-3-2-4-9(13)11(8)15-12(5-10(16)17)6-14-7-12/h2-4,14-15H,5-7H2,1H3,(H,16,17). The second-order valence-electron chi connectivity index (χ2n) is 4.51. The van der Waals surface area contributed by atoms with Crippen molar-refractivity contribution in [3.63, 3.8) is 0 Å². The fourth-order valence-corrected chi connectivity index (χ4v) is 2.03. The third kappa shape index (κ3) is 2.39. The van der Waals surface area contributed by atoms with E-state index in [-0.39, 0.29) is 12.2 Å². The average Bonchev–Trinajstić information content (AvgIpc) is 2.19. The summed E-state index contributed by atoms with van der Waals surface area (Å²) in [7, 11) is 0. The van der Waals surface area contributed by atoms with Gasteiger partial charge in [-0.25, -0.2) is 4.39 Å². The lowest BCUT2D eigenvalue weighted by Crippen LogP contribution is -2.65. The Morgan fingerprint density at radius 2 is 2.29 bits per heavy atom. The number of rotatable bonds is 4. The number of para-hydroxylation sites is 1. The van der Waals surface area contributed by atoms with Crippen molar-refractivity contribution >= 4 is 11.7 Å². The number of carboxylic acids is 1. The Morgan fingerprint density at radius 1 is 1.59 bits per heavy atom. The van der Waals surface area contributed by atoms with E-state index in [1.807, 2.05) is 0 Å². The second-order valence-corrected chi connectivity index (χ2v) is 4.51. The number of benzene rings is 1. The molecule has 0 unspecified atom stereocenters. The van der Waals surface area contributed by atoms with E-state index in [1.165, 1.54) is 6.07 Å². The number of hydrogen-bond donors (Lipinski definition) is 3. The van der Waals surface area contributed by atoms with Crippen LogP contribution in [0.2, 0.25) is 0 Å². The maximum absolute atomic E-state index is 13.6. The van der Waals surface area contributed by atoms with E-state index in [1.54, 1.807) is 19.1 Å². The molecule has 1 aromatic carbocycles. The predicted molar refractivity (Wildman–Crippen MR) is 62.6 cm³/mol. The van der Waals surface area contributed by atoms with Crippen LogP contribution < -0.4 is 10.6 Å². The van der Waals surface area contributed by atoms with E-state index >= 15 is 0 Å². The topological polar surface area (TPSA) is 61.4 Å². The van der Waals surface area contributed by atoms with E-state index in [0.717, 1.165) is 5.56 Å². The van der Waals surface area contributed by atoms with Crippen molar-refractivity contribution in [2.45, 2.75) is 18.9 Å². The maximum Gasteiger partial charge on any atom is 0.305 e. The fraction of sp³-hybridized carbons (Fsp3) is 0.417. The normalized spacial score (nSPS) is 17.3. The molecule has 5 heteroatoms. The number of aliphatic carboxylic acids is 1. The van der Waals surface area contributed by atoms with Gasteiger partial charge in [-0.1, -0.05) is 12.1 Å². The van der Waals surface area contributed by atoms with Gasteiger partial charge in [0.05, 0.1) is 17.6 Å². The van der Waals surface area contributed by atoms with Crippen molar-refractivity contribution in [3.05, 3.63) is 29.6 Å². The Balaban J connectivity index is 2.21. The molecule has 4 nitrogen and oxygen atoms in total. The predicted octanol–water partition coefficient (Wildman–Crippen LogP) is 1.36. The van der Waals surface area contributed by atoms with Gasteiger partial charge in [0.25, 0.3) is 0 Å². The summed E-state index contributed by atoms with van der Waals surface area (Å²) in [4.78, 5) is 10.8. The van der Waals surface area contributed by atoms with E-state index < -0.39 is 11.5 Å². The Labute approximate surface area is 98.8 Å². The van der Waals surface area contributed by atoms with Gasteiger partial charge in [-0.15, -0.1) is 0 Å². The third-order valence-electron chi connectivity index (χ3n) is 3.03. The smallest absolute Gasteiger partial charge is 0.305 e. The van der Waals surface area contributed by atoms with Crippen LogP contribution in [0.3, 0.4) is 0 Å². The Hall–Kier alpha value is -1.62. The van der Waals surface area contributed by atoms with Gasteiger partial charge >= 0.3 is 5.97 Å². The molecule has 0 bridgehead atoms. The van der Waals surface area contributed by atoms with Gasteiger partial charge in [0.15, 0.2) is 0 Å². The van der Waals surface area contributed by atoms with E-state index in [9.17, 15) is 9.18 Å². The number of carboxylic acid groups (broad SMARTS) is 1. The molecule has 1 aliphatic rings. The largest absolute Gasteiger partial charge is 0.481 e. The second kappa shape index (κ2) is 4.33. The van der Waals surface area contributed by atoms with Crippen molar-refractivity contribution in [1.82, 2.24) is 5.32 Å². The number of hydrogen-bond acceptors (Lipinski definition) is 3. The molecule has 17 heavy (non-hydrogen) atoms. The zero-order chi connectivity index (χ0) is 12.5. The molecule has 0 amide bonds. The Kier molecular flexibility index (Phi) is 3.02. The lowest BCUT2D eigenvalue weighted by atomic mass is 9.88. The molecule has 2 rings (SSSR count). The first-order valence-corrected chi connectivity index (χ1v) is 5.48. The van der Waals surface area contributed by atoms with Gasteiger partial charge in [-0.2, -0.15) is 0 Å². The lowest BCUT2D eigenvalue weighted by Gasteiger charge is -2.43. The van der Waals surface area contributed by atoms with Crippen molar-refractivity contribution in [2.24, 2.45) is 0 Å². The lowest BCUT2D eigenvalue weighted by molar-refractivity contribution is -0.138. The van der Waals surface area contributed by atoms with Crippen molar-refractivity contribution < 1.29 is 14.3 Å². The highest BCUT2D eigenvalue weighted by Gasteiger charge is 2.39. The third-order valence-corrected chi connectivity index (χ3v) is 3.03. The molecule has 0 aromatic heterocycles. The highest BCUT2D eigenvalue weighted by Crippen LogP contribution is 2.27. The molecule has 92 valence electrons. The number of halogens is 1. The van der Waals surface area contributed by atoms with Crippen LogP contribution in [0.4, 0.5) is 10.1 Å². The van der Waals surface area contributed by atoms with Crippen molar-refractivity contribution in [1.29, 1.82) is 0 Å². The molecular formula is C12H15FN2O2. The van der Waals surface area contributed by atoms with E-state index in [4.69, 9.17) is 5.11 Å². The van der Waals surface area contributed by atoms with Gasteiger partial charge in [-0.3, -0.25) is 4.79 Å². The zero-order valence-corrected chi connectivity index (χ0v) is 9.59. The summed E-state index contributed by atoms with van der Waals surface area (Å²) in [6.07, 6.45) is -0.0201. The van der Waals surface area contributed by atoms with Gasteiger partial charge in [0, 0.05) is 13.1 Å². The fourth-order valence-electron chi connectivity index (χ4n) is 2.03. The Bertz CT molecular complexity index is 424. The zero-order valence-electron chi connectivity index (χ0n) is 9.59. The van der Waals surface area contributed by atoms with E-state index in [0.29, 0.717) is 18.8 Å². The van der Waals surface area contributed by atoms with Crippen LogP contribution in [-0.4, -0.2) is 29.7 Å². The minimum atomic E-state index is -0.881. The van der Waals surface area contributed by atoms with E-state index in [2.05, 4.69) is 10.6 Å². The molecule has 1 fully saturated rings. The molecule has 0 spiro atoms. The van der Waals surface area contributed by atoms with Crippen LogP contribution >= 0.6 is 0 Å². The van der Waals surface area contributed by atoms with Crippen LogP contribution in [-0.2, 0) is 4.79 Å². The summed E-state index contributed by atoms with van der Waals surface area (Å²) in [5.74, 6) is -1.23. The molecule has 0 atom stereocenters. The molecule has 1 aromatic rings. The SMILES string of the molecule is Cc1cccc(F)c1NC1(CC(=O)O)CNC1. The number of anilines is 1. The van der Waals surface area contributed by atoms with Gasteiger partial charge in [0.2, 0.25) is 0 Å². The van der Waals surface area contributed by atoms with Crippen LogP contribution in [0.25, 0.3) is 0 Å². The van der Waals surface area contributed by atoms with Crippen LogP contribution in [0.5, 0.6) is 0 Å². The number of nitrogens with one attached hydrogen (secondary N) is 2. The van der Waals surface area contributed by atoms with Gasteiger partial charge in [-0.05, 0) is 18.6 Å². The van der Waals surface area contributed by atoms with Gasteiger partial charge in [0.1, 0.15) is 5.82 Å².